The molecule has 8 heteroatoms. The fraction of sp³-hybridized carbons (Fsp3) is 0.412. The summed E-state index contributed by atoms with van der Waals surface area (Å²) in [5.74, 6) is -1.45. The van der Waals surface area contributed by atoms with Crippen LogP contribution in [0.15, 0.2) is 27.8 Å². The molecule has 1 amide bonds. The first-order chi connectivity index (χ1) is 11.8. The third kappa shape index (κ3) is 2.95. The second-order valence-corrected chi connectivity index (χ2v) is 6.19. The average Bonchev–Trinajstić information content (AvgIpc) is 3.40. The minimum Gasteiger partial charge on any atom is -0.480 e. The highest BCUT2D eigenvalue weighted by molar-refractivity contribution is 5.99. The Hall–Kier alpha value is -2.90. The average molecular weight is 345 g/mol. The first-order valence-electron chi connectivity index (χ1n) is 8.17. The molecule has 0 saturated heterocycles. The number of carboxylic acids is 1. The number of aryl methyl sites for hydroxylation is 1. The molecule has 132 valence electrons. The zero-order valence-corrected chi connectivity index (χ0v) is 14.0. The summed E-state index contributed by atoms with van der Waals surface area (Å²) in [5, 5.41) is 9.25. The summed E-state index contributed by atoms with van der Waals surface area (Å²) in [5.41, 5.74) is -0.224. The molecular weight excluding hydrogens is 326 g/mol. The van der Waals surface area contributed by atoms with Gasteiger partial charge in [-0.3, -0.25) is 14.4 Å². The zero-order valence-electron chi connectivity index (χ0n) is 14.0. The van der Waals surface area contributed by atoms with Crippen LogP contribution in [0.2, 0.25) is 0 Å². The van der Waals surface area contributed by atoms with Gasteiger partial charge >= 0.3 is 17.1 Å². The van der Waals surface area contributed by atoms with E-state index in [-0.39, 0.29) is 11.6 Å². The number of aromatic nitrogens is 2. The van der Waals surface area contributed by atoms with Crippen molar-refractivity contribution in [1.82, 2.24) is 14.5 Å². The number of benzene rings is 1. The smallest absolute Gasteiger partial charge is 0.326 e. The van der Waals surface area contributed by atoms with Crippen LogP contribution in [0, 0.1) is 0 Å². The molecule has 0 aliphatic heterocycles. The minimum absolute atomic E-state index is 0.0714. The van der Waals surface area contributed by atoms with E-state index in [1.165, 1.54) is 22.5 Å². The van der Waals surface area contributed by atoms with Crippen molar-refractivity contribution in [1.29, 1.82) is 0 Å². The number of aliphatic carboxylic acids is 1. The number of nitrogens with one attached hydrogen (secondary N) is 1. The van der Waals surface area contributed by atoms with Crippen molar-refractivity contribution >= 4 is 22.9 Å². The molecule has 1 unspecified atom stereocenters. The molecule has 0 spiro atoms. The third-order valence-corrected chi connectivity index (χ3v) is 4.49. The lowest BCUT2D eigenvalue weighted by molar-refractivity contribution is -0.141. The lowest BCUT2D eigenvalue weighted by atomic mass is 10.1. The van der Waals surface area contributed by atoms with Gasteiger partial charge in [-0.05, 0) is 44.9 Å². The standard InChI is InChI=1S/C17H19N3O5/c1-3-19-13-7-4-10(8-12(13)18-14(21)16(19)23)15(22)20(11-5-6-11)9(2)17(24)25/h4,7-9,11H,3,5-6H2,1-2H3,(H,18,21)(H,24,25). The summed E-state index contributed by atoms with van der Waals surface area (Å²) in [6.45, 7) is 3.57. The van der Waals surface area contributed by atoms with Crippen molar-refractivity contribution in [3.8, 4) is 0 Å². The molecule has 25 heavy (non-hydrogen) atoms. The Balaban J connectivity index is 2.08. The second-order valence-electron chi connectivity index (χ2n) is 6.19. The number of fused-ring (bicyclic) bond motifs is 1. The zero-order chi connectivity index (χ0) is 18.3. The van der Waals surface area contributed by atoms with Crippen molar-refractivity contribution in [2.75, 3.05) is 0 Å². The Morgan fingerprint density at radius 3 is 2.60 bits per heavy atom. The van der Waals surface area contributed by atoms with E-state index < -0.39 is 29.0 Å². The van der Waals surface area contributed by atoms with Crippen LogP contribution in [-0.2, 0) is 11.3 Å². The highest BCUT2D eigenvalue weighted by Gasteiger charge is 2.38. The molecule has 8 nitrogen and oxygen atoms in total. The number of carbonyl (C=O) groups is 2. The summed E-state index contributed by atoms with van der Waals surface area (Å²) < 4.78 is 1.33. The van der Waals surface area contributed by atoms with E-state index in [1.54, 1.807) is 19.1 Å². The maximum absolute atomic E-state index is 12.8. The number of carboxylic acid groups (broad SMARTS) is 1. The Bertz CT molecular complexity index is 970. The van der Waals surface area contributed by atoms with Gasteiger partial charge in [0.15, 0.2) is 0 Å². The maximum atomic E-state index is 12.8. The van der Waals surface area contributed by atoms with Crippen molar-refractivity contribution in [3.05, 3.63) is 44.5 Å². The van der Waals surface area contributed by atoms with Gasteiger partial charge in [0.1, 0.15) is 6.04 Å². The monoisotopic (exact) mass is 345 g/mol. The summed E-state index contributed by atoms with van der Waals surface area (Å²) in [6.07, 6.45) is 1.56. The normalized spacial score (nSPS) is 15.1. The molecule has 1 saturated carbocycles. The van der Waals surface area contributed by atoms with Crippen molar-refractivity contribution in [2.24, 2.45) is 0 Å². The van der Waals surface area contributed by atoms with Crippen molar-refractivity contribution in [3.63, 3.8) is 0 Å². The van der Waals surface area contributed by atoms with Crippen LogP contribution in [-0.4, -0.2) is 43.5 Å². The number of hydrogen-bond donors (Lipinski definition) is 2. The summed E-state index contributed by atoms with van der Waals surface area (Å²) >= 11 is 0. The number of rotatable bonds is 5. The molecule has 1 aliphatic rings. The van der Waals surface area contributed by atoms with Crippen LogP contribution in [0.3, 0.4) is 0 Å². The van der Waals surface area contributed by atoms with Gasteiger partial charge in [0.2, 0.25) is 0 Å². The van der Waals surface area contributed by atoms with Gasteiger partial charge in [-0.15, -0.1) is 0 Å². The molecule has 1 fully saturated rings. The summed E-state index contributed by atoms with van der Waals surface area (Å²) in [7, 11) is 0. The highest BCUT2D eigenvalue weighted by Crippen LogP contribution is 2.30. The number of aromatic amines is 1. The van der Waals surface area contributed by atoms with Gasteiger partial charge in [-0.1, -0.05) is 0 Å². The van der Waals surface area contributed by atoms with Crippen LogP contribution in [0.5, 0.6) is 0 Å². The quantitative estimate of drug-likeness (QED) is 0.778. The molecular formula is C17H19N3O5. The van der Waals surface area contributed by atoms with Crippen molar-refractivity contribution < 1.29 is 14.7 Å². The SMILES string of the molecule is CCn1c(=O)c(=O)[nH]c2cc(C(=O)N(C3CC3)C(C)C(=O)O)ccc21. The van der Waals surface area contributed by atoms with Crippen LogP contribution in [0.25, 0.3) is 11.0 Å². The van der Waals surface area contributed by atoms with Gasteiger partial charge in [0.25, 0.3) is 5.91 Å². The first kappa shape index (κ1) is 16.9. The first-order valence-corrected chi connectivity index (χ1v) is 8.17. The highest BCUT2D eigenvalue weighted by atomic mass is 16.4. The Kier molecular flexibility index (Phi) is 4.20. The van der Waals surface area contributed by atoms with Crippen LogP contribution in [0.4, 0.5) is 0 Å². The number of amides is 1. The van der Waals surface area contributed by atoms with E-state index in [0.717, 1.165) is 12.8 Å². The fourth-order valence-electron chi connectivity index (χ4n) is 3.00. The van der Waals surface area contributed by atoms with E-state index in [9.17, 15) is 24.3 Å². The molecule has 0 bridgehead atoms. The second kappa shape index (κ2) is 6.19. The molecule has 1 heterocycles. The number of nitrogens with zero attached hydrogens (tertiary/aromatic N) is 2. The fourth-order valence-corrected chi connectivity index (χ4v) is 3.00. The molecule has 3 rings (SSSR count). The van der Waals surface area contributed by atoms with E-state index in [0.29, 0.717) is 17.6 Å². The number of H-pyrrole nitrogens is 1. The molecule has 1 aliphatic carbocycles. The van der Waals surface area contributed by atoms with Crippen LogP contribution in [0.1, 0.15) is 37.0 Å². The predicted molar refractivity (Wildman–Crippen MR) is 90.8 cm³/mol. The number of carbonyl (C=O) groups excluding carboxylic acids is 1. The molecule has 2 N–H and O–H groups in total. The topological polar surface area (TPSA) is 112 Å². The number of hydrogen-bond acceptors (Lipinski definition) is 4. The van der Waals surface area contributed by atoms with Gasteiger partial charge in [-0.25, -0.2) is 4.79 Å². The summed E-state index contributed by atoms with van der Waals surface area (Å²) in [6, 6.07) is 3.64. The largest absolute Gasteiger partial charge is 0.480 e. The molecule has 0 radical (unpaired) electrons. The van der Waals surface area contributed by atoms with E-state index >= 15 is 0 Å². The van der Waals surface area contributed by atoms with Crippen LogP contribution < -0.4 is 11.1 Å². The summed E-state index contributed by atoms with van der Waals surface area (Å²) in [4.78, 5) is 51.7. The predicted octanol–water partition coefficient (Wildman–Crippen LogP) is 0.787. The van der Waals surface area contributed by atoms with Crippen molar-refractivity contribution in [2.45, 2.75) is 45.3 Å². The molecule has 1 aromatic heterocycles. The van der Waals surface area contributed by atoms with Crippen LogP contribution >= 0.6 is 0 Å². The molecule has 1 atom stereocenters. The van der Waals surface area contributed by atoms with Gasteiger partial charge in [0, 0.05) is 18.2 Å². The van der Waals surface area contributed by atoms with Gasteiger partial charge in [0.05, 0.1) is 11.0 Å². The maximum Gasteiger partial charge on any atom is 0.326 e. The Morgan fingerprint density at radius 2 is 2.04 bits per heavy atom. The minimum atomic E-state index is -1.06. The molecule has 2 aromatic rings. The Morgan fingerprint density at radius 1 is 1.36 bits per heavy atom. The van der Waals surface area contributed by atoms with E-state index in [1.807, 2.05) is 0 Å². The lowest BCUT2D eigenvalue weighted by Crippen LogP contribution is -2.44. The van der Waals surface area contributed by atoms with Gasteiger partial charge < -0.3 is 19.6 Å². The third-order valence-electron chi connectivity index (χ3n) is 4.49. The molecule has 1 aromatic carbocycles. The van der Waals surface area contributed by atoms with E-state index in [4.69, 9.17) is 0 Å². The van der Waals surface area contributed by atoms with E-state index in [2.05, 4.69) is 4.98 Å². The Labute approximate surface area is 142 Å². The van der Waals surface area contributed by atoms with Gasteiger partial charge in [-0.2, -0.15) is 0 Å². The lowest BCUT2D eigenvalue weighted by Gasteiger charge is -2.26.